The lowest BCUT2D eigenvalue weighted by Crippen LogP contribution is -2.27. The molecule has 1 heterocycles. The lowest BCUT2D eigenvalue weighted by molar-refractivity contribution is -0.152. The van der Waals surface area contributed by atoms with Gasteiger partial charge in [-0.25, -0.2) is 18.5 Å². The molecule has 9 nitrogen and oxygen atoms in total. The number of hydrogen-bond donors (Lipinski definition) is 0. The Balaban J connectivity index is 1.77. The van der Waals surface area contributed by atoms with Crippen LogP contribution in [0, 0.1) is 12.7 Å². The summed E-state index contributed by atoms with van der Waals surface area (Å²) in [6.45, 7) is -0.721. The minimum atomic E-state index is -3.16. The van der Waals surface area contributed by atoms with Crippen molar-refractivity contribution in [1.82, 2.24) is 14.3 Å². The van der Waals surface area contributed by atoms with Crippen molar-refractivity contribution in [3.05, 3.63) is 63.0 Å². The van der Waals surface area contributed by atoms with Gasteiger partial charge in [-0.05, 0) is 37.6 Å². The Morgan fingerprint density at radius 3 is 2.40 bits per heavy atom. The van der Waals surface area contributed by atoms with Gasteiger partial charge in [0.05, 0.1) is 19.2 Å². The van der Waals surface area contributed by atoms with Crippen molar-refractivity contribution in [2.75, 3.05) is 14.2 Å². The normalized spacial score (nSPS) is 11.9. The maximum absolute atomic E-state index is 14.5. The lowest BCUT2D eigenvalue weighted by atomic mass is 10.2. The van der Waals surface area contributed by atoms with E-state index in [1.54, 1.807) is 18.2 Å². The molecule has 0 saturated heterocycles. The fourth-order valence-electron chi connectivity index (χ4n) is 3.11. The number of carbonyl (C=O) groups is 1. The Morgan fingerprint density at radius 2 is 1.80 bits per heavy atom. The van der Waals surface area contributed by atoms with Crippen molar-refractivity contribution in [1.29, 1.82) is 0 Å². The monoisotopic (exact) mass is 515 g/mol. The molecule has 1 aromatic heterocycles. The molecule has 3 rings (SSSR count). The van der Waals surface area contributed by atoms with E-state index in [1.807, 2.05) is 0 Å². The first-order valence-electron chi connectivity index (χ1n) is 10.1. The van der Waals surface area contributed by atoms with Gasteiger partial charge in [-0.1, -0.05) is 17.7 Å². The fraction of sp³-hybridized carbons (Fsp3) is 0.318. The first kappa shape index (κ1) is 25.9. The summed E-state index contributed by atoms with van der Waals surface area (Å²) in [6.07, 6.45) is -1.19. The molecule has 0 aliphatic rings. The molecule has 3 aromatic rings. The van der Waals surface area contributed by atoms with Crippen LogP contribution in [0.1, 0.15) is 24.9 Å². The largest absolute Gasteiger partial charge is 0.493 e. The van der Waals surface area contributed by atoms with Gasteiger partial charge in [-0.3, -0.25) is 0 Å². The Morgan fingerprint density at radius 1 is 1.11 bits per heavy atom. The Bertz CT molecular complexity index is 1290. The second kappa shape index (κ2) is 10.7. The smallest absolute Gasteiger partial charge is 0.355 e. The van der Waals surface area contributed by atoms with Crippen LogP contribution in [-0.2, 0) is 16.1 Å². The van der Waals surface area contributed by atoms with Gasteiger partial charge in [0, 0.05) is 6.07 Å². The molecule has 1 atom stereocenters. The summed E-state index contributed by atoms with van der Waals surface area (Å²) in [6, 6.07) is 6.78. The number of ether oxygens (including phenoxy) is 4. The van der Waals surface area contributed by atoms with E-state index in [2.05, 4.69) is 5.10 Å². The molecule has 35 heavy (non-hydrogen) atoms. The van der Waals surface area contributed by atoms with Crippen molar-refractivity contribution in [3.8, 4) is 22.9 Å². The number of esters is 1. The van der Waals surface area contributed by atoms with E-state index < -0.39 is 35.8 Å². The van der Waals surface area contributed by atoms with Crippen LogP contribution >= 0.6 is 11.6 Å². The maximum Gasteiger partial charge on any atom is 0.355 e. The highest BCUT2D eigenvalue weighted by atomic mass is 35.5. The number of halogens is 4. The molecule has 188 valence electrons. The second-order valence-electron chi connectivity index (χ2n) is 7.18. The van der Waals surface area contributed by atoms with Gasteiger partial charge in [-0.2, -0.15) is 13.5 Å². The van der Waals surface area contributed by atoms with E-state index in [0.29, 0.717) is 21.7 Å². The minimum Gasteiger partial charge on any atom is -0.493 e. The second-order valence-corrected chi connectivity index (χ2v) is 7.59. The maximum atomic E-state index is 14.5. The average molecular weight is 516 g/mol. The lowest BCUT2D eigenvalue weighted by Gasteiger charge is -2.16. The molecular weight excluding hydrogens is 495 g/mol. The highest BCUT2D eigenvalue weighted by Gasteiger charge is 2.23. The predicted octanol–water partition coefficient (Wildman–Crippen LogP) is 4.06. The molecule has 0 bridgehead atoms. The molecular formula is C22H21ClF3N3O6. The van der Waals surface area contributed by atoms with Crippen LogP contribution in [0.3, 0.4) is 0 Å². The standard InChI is InChI=1S/C22H21ClF3N3O6/c1-11(20(30)34-10-13-5-6-17(32-3)19(7-13)33-4)35-18-9-16(15(24)8-14(18)23)29-22(31)28(21(25)26)12(2)27-29/h5-9,11,21H,10H2,1-4H3. The van der Waals surface area contributed by atoms with Crippen molar-refractivity contribution in [2.45, 2.75) is 33.1 Å². The third kappa shape index (κ3) is 5.53. The van der Waals surface area contributed by atoms with E-state index in [4.69, 9.17) is 30.5 Å². The quantitative estimate of drug-likeness (QED) is 0.397. The molecule has 13 heteroatoms. The highest BCUT2D eigenvalue weighted by molar-refractivity contribution is 6.32. The van der Waals surface area contributed by atoms with E-state index in [9.17, 15) is 22.8 Å². The van der Waals surface area contributed by atoms with E-state index in [-0.39, 0.29) is 27.8 Å². The number of carbonyl (C=O) groups excluding carboxylic acids is 1. The predicted molar refractivity (Wildman–Crippen MR) is 118 cm³/mol. The van der Waals surface area contributed by atoms with Crippen molar-refractivity contribution in [2.24, 2.45) is 0 Å². The fourth-order valence-corrected chi connectivity index (χ4v) is 3.30. The SMILES string of the molecule is COc1ccc(COC(=O)C(C)Oc2cc(-n3nc(C)n(C(F)F)c3=O)c(F)cc2Cl)cc1OC. The average Bonchev–Trinajstić information content (AvgIpc) is 3.12. The summed E-state index contributed by atoms with van der Waals surface area (Å²) in [7, 11) is 2.96. The summed E-state index contributed by atoms with van der Waals surface area (Å²) in [5.41, 5.74) is -1.12. The molecule has 0 N–H and O–H groups in total. The number of hydrogen-bond acceptors (Lipinski definition) is 7. The Labute approximate surface area is 202 Å². The van der Waals surface area contributed by atoms with Crippen molar-refractivity contribution in [3.63, 3.8) is 0 Å². The minimum absolute atomic E-state index is 0.0999. The van der Waals surface area contributed by atoms with E-state index in [0.717, 1.165) is 12.1 Å². The van der Waals surface area contributed by atoms with Crippen LogP contribution in [-0.4, -0.2) is 40.6 Å². The molecule has 0 radical (unpaired) electrons. The van der Waals surface area contributed by atoms with Gasteiger partial charge in [0.15, 0.2) is 23.4 Å². The topological polar surface area (TPSA) is 93.8 Å². The first-order chi connectivity index (χ1) is 16.6. The molecule has 1 unspecified atom stereocenters. The Kier molecular flexibility index (Phi) is 7.95. The summed E-state index contributed by atoms with van der Waals surface area (Å²) >= 11 is 6.02. The number of benzene rings is 2. The van der Waals surface area contributed by atoms with Crippen LogP contribution in [0.5, 0.6) is 17.2 Å². The summed E-state index contributed by atoms with van der Waals surface area (Å²) in [4.78, 5) is 24.7. The van der Waals surface area contributed by atoms with Crippen LogP contribution < -0.4 is 19.9 Å². The zero-order valence-corrected chi connectivity index (χ0v) is 19.8. The first-order valence-corrected chi connectivity index (χ1v) is 10.4. The number of alkyl halides is 2. The van der Waals surface area contributed by atoms with Crippen LogP contribution in [0.4, 0.5) is 13.2 Å². The molecule has 2 aromatic carbocycles. The van der Waals surface area contributed by atoms with Gasteiger partial charge in [-0.15, -0.1) is 5.10 Å². The zero-order chi connectivity index (χ0) is 25.9. The third-order valence-electron chi connectivity index (χ3n) is 4.87. The summed E-state index contributed by atoms with van der Waals surface area (Å²) in [5, 5.41) is 3.46. The zero-order valence-electron chi connectivity index (χ0n) is 19.1. The van der Waals surface area contributed by atoms with Crippen LogP contribution in [0.25, 0.3) is 5.69 Å². The van der Waals surface area contributed by atoms with Crippen molar-refractivity contribution >= 4 is 17.6 Å². The summed E-state index contributed by atoms with van der Waals surface area (Å²) in [5.74, 6) is -1.32. The number of rotatable bonds is 9. The van der Waals surface area contributed by atoms with E-state index in [1.165, 1.54) is 28.1 Å². The van der Waals surface area contributed by atoms with Crippen LogP contribution in [0.2, 0.25) is 5.02 Å². The third-order valence-corrected chi connectivity index (χ3v) is 5.17. The van der Waals surface area contributed by atoms with E-state index >= 15 is 0 Å². The van der Waals surface area contributed by atoms with Gasteiger partial charge >= 0.3 is 18.2 Å². The van der Waals surface area contributed by atoms with Crippen LogP contribution in [0.15, 0.2) is 35.1 Å². The molecule has 0 amide bonds. The van der Waals surface area contributed by atoms with Gasteiger partial charge in [0.25, 0.3) is 0 Å². The van der Waals surface area contributed by atoms with Gasteiger partial charge < -0.3 is 18.9 Å². The van der Waals surface area contributed by atoms with Gasteiger partial charge in [0.1, 0.15) is 23.9 Å². The molecule has 0 aliphatic carbocycles. The number of nitrogens with zero attached hydrogens (tertiary/aromatic N) is 3. The number of methoxy groups -OCH3 is 2. The molecule has 0 spiro atoms. The number of aromatic nitrogens is 3. The van der Waals surface area contributed by atoms with Gasteiger partial charge in [0.2, 0.25) is 0 Å². The molecule has 0 fully saturated rings. The number of aryl methyl sites for hydroxylation is 1. The van der Waals surface area contributed by atoms with Crippen molar-refractivity contribution < 1.29 is 36.9 Å². The Hall–Kier alpha value is -3.67. The highest BCUT2D eigenvalue weighted by Crippen LogP contribution is 2.31. The molecule has 0 aliphatic heterocycles. The summed E-state index contributed by atoms with van der Waals surface area (Å²) < 4.78 is 62.4. The molecule has 0 saturated carbocycles.